The van der Waals surface area contributed by atoms with Gasteiger partial charge in [-0.3, -0.25) is 4.79 Å². The molecule has 2 heterocycles. The topological polar surface area (TPSA) is 64.1 Å². The summed E-state index contributed by atoms with van der Waals surface area (Å²) in [5.41, 5.74) is 1.19. The average Bonchev–Trinajstić information content (AvgIpc) is 2.63. The van der Waals surface area contributed by atoms with Crippen molar-refractivity contribution < 1.29 is 13.9 Å². The Bertz CT molecular complexity index is 685. The molecule has 1 aliphatic heterocycles. The molecule has 0 aliphatic carbocycles. The van der Waals surface area contributed by atoms with Gasteiger partial charge in [-0.05, 0) is 30.9 Å². The lowest BCUT2D eigenvalue weighted by molar-refractivity contribution is -0.120. The van der Waals surface area contributed by atoms with Gasteiger partial charge in [0.2, 0.25) is 5.91 Å². The van der Waals surface area contributed by atoms with Crippen LogP contribution in [0, 0.1) is 5.82 Å². The standard InChI is InChI=1S/C18H20FN3O2/c19-15-6-2-1-5-14(15)9-17(23)20-10-13-11-21-18(22-12-13)16-7-3-4-8-24-16/h1-2,5-6,11-12,16H,3-4,7-10H2,(H,20,23)/t16-/m0/s1. The minimum atomic E-state index is -0.368. The van der Waals surface area contributed by atoms with Gasteiger partial charge in [-0.2, -0.15) is 0 Å². The molecule has 1 N–H and O–H groups in total. The molecule has 5 nitrogen and oxygen atoms in total. The maximum atomic E-state index is 13.5. The number of carbonyl (C=O) groups excluding carboxylic acids is 1. The second-order valence-corrected chi connectivity index (χ2v) is 5.85. The minimum Gasteiger partial charge on any atom is -0.370 e. The number of rotatable bonds is 5. The predicted octanol–water partition coefficient (Wildman–Crippen LogP) is 2.72. The zero-order valence-electron chi connectivity index (χ0n) is 13.4. The first-order valence-corrected chi connectivity index (χ1v) is 8.15. The maximum Gasteiger partial charge on any atom is 0.224 e. The normalized spacial score (nSPS) is 17.5. The van der Waals surface area contributed by atoms with Crippen LogP contribution in [0.25, 0.3) is 0 Å². The van der Waals surface area contributed by atoms with Crippen LogP contribution >= 0.6 is 0 Å². The van der Waals surface area contributed by atoms with Crippen LogP contribution in [0.5, 0.6) is 0 Å². The van der Waals surface area contributed by atoms with E-state index < -0.39 is 0 Å². The number of hydrogen-bond acceptors (Lipinski definition) is 4. The number of hydrogen-bond donors (Lipinski definition) is 1. The van der Waals surface area contributed by atoms with Crippen molar-refractivity contribution in [1.29, 1.82) is 0 Å². The molecular formula is C18H20FN3O2. The molecule has 0 unspecified atom stereocenters. The third-order valence-electron chi connectivity index (χ3n) is 3.99. The van der Waals surface area contributed by atoms with Gasteiger partial charge >= 0.3 is 0 Å². The van der Waals surface area contributed by atoms with Gasteiger partial charge < -0.3 is 10.1 Å². The van der Waals surface area contributed by atoms with Crippen LogP contribution in [-0.2, 0) is 22.5 Å². The van der Waals surface area contributed by atoms with Crippen molar-refractivity contribution in [2.75, 3.05) is 6.61 Å². The van der Waals surface area contributed by atoms with E-state index in [1.165, 1.54) is 6.07 Å². The highest BCUT2D eigenvalue weighted by Gasteiger charge is 2.18. The summed E-state index contributed by atoms with van der Waals surface area (Å²) in [7, 11) is 0. The van der Waals surface area contributed by atoms with Gasteiger partial charge in [0.05, 0.1) is 6.42 Å². The molecule has 6 heteroatoms. The smallest absolute Gasteiger partial charge is 0.224 e. The lowest BCUT2D eigenvalue weighted by Gasteiger charge is -2.21. The van der Waals surface area contributed by atoms with Crippen molar-refractivity contribution in [2.45, 2.75) is 38.3 Å². The molecular weight excluding hydrogens is 309 g/mol. The first-order chi connectivity index (χ1) is 11.7. The molecule has 1 aliphatic rings. The second kappa shape index (κ2) is 7.97. The van der Waals surface area contributed by atoms with E-state index in [4.69, 9.17) is 4.74 Å². The Morgan fingerprint density at radius 3 is 2.75 bits per heavy atom. The third-order valence-corrected chi connectivity index (χ3v) is 3.99. The van der Waals surface area contributed by atoms with Crippen molar-refractivity contribution >= 4 is 5.91 Å². The SMILES string of the molecule is O=C(Cc1ccccc1F)NCc1cnc([C@@H]2CCCCO2)nc1. The van der Waals surface area contributed by atoms with E-state index in [2.05, 4.69) is 15.3 Å². The van der Waals surface area contributed by atoms with Crippen LogP contribution < -0.4 is 5.32 Å². The van der Waals surface area contributed by atoms with Crippen molar-refractivity contribution in [1.82, 2.24) is 15.3 Å². The van der Waals surface area contributed by atoms with Gasteiger partial charge in [0.15, 0.2) is 5.82 Å². The van der Waals surface area contributed by atoms with Crippen molar-refractivity contribution in [3.05, 3.63) is 59.4 Å². The Hall–Kier alpha value is -2.34. The van der Waals surface area contributed by atoms with Crippen LogP contribution in [0.4, 0.5) is 4.39 Å². The number of carbonyl (C=O) groups is 1. The first kappa shape index (κ1) is 16.5. The lowest BCUT2D eigenvalue weighted by atomic mass is 10.1. The third kappa shape index (κ3) is 4.35. The molecule has 1 amide bonds. The molecule has 24 heavy (non-hydrogen) atoms. The number of nitrogens with one attached hydrogen (secondary N) is 1. The Morgan fingerprint density at radius 1 is 1.25 bits per heavy atom. The van der Waals surface area contributed by atoms with Gasteiger partial charge in [0.1, 0.15) is 11.9 Å². The number of halogens is 1. The quantitative estimate of drug-likeness (QED) is 0.916. The molecule has 1 fully saturated rings. The Labute approximate surface area is 140 Å². The monoisotopic (exact) mass is 329 g/mol. The van der Waals surface area contributed by atoms with E-state index in [-0.39, 0.29) is 24.2 Å². The van der Waals surface area contributed by atoms with Crippen LogP contribution in [0.1, 0.15) is 42.3 Å². The number of amides is 1. The predicted molar refractivity (Wildman–Crippen MR) is 86.5 cm³/mol. The van der Waals surface area contributed by atoms with Gasteiger partial charge in [-0.25, -0.2) is 14.4 Å². The molecule has 0 spiro atoms. The largest absolute Gasteiger partial charge is 0.370 e. The molecule has 1 aromatic heterocycles. The number of benzene rings is 1. The maximum absolute atomic E-state index is 13.5. The fourth-order valence-electron chi connectivity index (χ4n) is 2.64. The summed E-state index contributed by atoms with van der Waals surface area (Å²) in [4.78, 5) is 20.6. The van der Waals surface area contributed by atoms with Crippen LogP contribution in [0.15, 0.2) is 36.7 Å². The van der Waals surface area contributed by atoms with Gasteiger partial charge in [-0.15, -0.1) is 0 Å². The summed E-state index contributed by atoms with van der Waals surface area (Å²) in [5, 5.41) is 2.76. The summed E-state index contributed by atoms with van der Waals surface area (Å²) < 4.78 is 19.2. The van der Waals surface area contributed by atoms with Crippen molar-refractivity contribution in [3.63, 3.8) is 0 Å². The fourth-order valence-corrected chi connectivity index (χ4v) is 2.64. The summed E-state index contributed by atoms with van der Waals surface area (Å²) in [5.74, 6) is 0.0868. The zero-order valence-corrected chi connectivity index (χ0v) is 13.4. The van der Waals surface area contributed by atoms with Gasteiger partial charge in [0.25, 0.3) is 0 Å². The molecule has 1 saturated heterocycles. The van der Waals surface area contributed by atoms with E-state index in [9.17, 15) is 9.18 Å². The molecule has 0 bridgehead atoms. The Morgan fingerprint density at radius 2 is 2.04 bits per heavy atom. The Kier molecular flexibility index (Phi) is 5.48. The van der Waals surface area contributed by atoms with Crippen LogP contribution in [0.2, 0.25) is 0 Å². The molecule has 2 aromatic rings. The highest BCUT2D eigenvalue weighted by atomic mass is 19.1. The van der Waals surface area contributed by atoms with Crippen molar-refractivity contribution in [2.24, 2.45) is 0 Å². The average molecular weight is 329 g/mol. The second-order valence-electron chi connectivity index (χ2n) is 5.85. The summed E-state index contributed by atoms with van der Waals surface area (Å²) in [6, 6.07) is 6.27. The lowest BCUT2D eigenvalue weighted by Crippen LogP contribution is -2.25. The molecule has 0 radical (unpaired) electrons. The molecule has 0 saturated carbocycles. The number of ether oxygens (including phenoxy) is 1. The van der Waals surface area contributed by atoms with E-state index in [1.807, 2.05) is 0 Å². The van der Waals surface area contributed by atoms with E-state index >= 15 is 0 Å². The number of aromatic nitrogens is 2. The molecule has 126 valence electrons. The first-order valence-electron chi connectivity index (χ1n) is 8.15. The van der Waals surface area contributed by atoms with Gasteiger partial charge in [0, 0.05) is 31.1 Å². The van der Waals surface area contributed by atoms with E-state index in [0.29, 0.717) is 17.9 Å². The molecule has 1 aromatic carbocycles. The van der Waals surface area contributed by atoms with Crippen molar-refractivity contribution in [3.8, 4) is 0 Å². The summed E-state index contributed by atoms with van der Waals surface area (Å²) in [6.45, 7) is 1.07. The highest BCUT2D eigenvalue weighted by molar-refractivity contribution is 5.78. The fraction of sp³-hybridized carbons (Fsp3) is 0.389. The minimum absolute atomic E-state index is 0.0154. The zero-order chi connectivity index (χ0) is 16.8. The summed E-state index contributed by atoms with van der Waals surface area (Å²) >= 11 is 0. The van der Waals surface area contributed by atoms with E-state index in [1.54, 1.807) is 30.6 Å². The highest BCUT2D eigenvalue weighted by Crippen LogP contribution is 2.24. The van der Waals surface area contributed by atoms with E-state index in [0.717, 1.165) is 31.4 Å². The van der Waals surface area contributed by atoms with Crippen LogP contribution in [0.3, 0.4) is 0 Å². The van der Waals surface area contributed by atoms with Crippen LogP contribution in [-0.4, -0.2) is 22.5 Å². The Balaban J connectivity index is 1.51. The molecule has 1 atom stereocenters. The van der Waals surface area contributed by atoms with Gasteiger partial charge in [-0.1, -0.05) is 18.2 Å². The number of nitrogens with zero attached hydrogens (tertiary/aromatic N) is 2. The summed E-state index contributed by atoms with van der Waals surface area (Å²) in [6.07, 6.45) is 6.54. The molecule has 3 rings (SSSR count).